The van der Waals surface area contributed by atoms with Crippen molar-refractivity contribution in [2.45, 2.75) is 17.7 Å². The number of nitrogens with one attached hydrogen (secondary N) is 1. The quantitative estimate of drug-likeness (QED) is 0.395. The van der Waals surface area contributed by atoms with Crippen LogP contribution in [0.3, 0.4) is 0 Å². The van der Waals surface area contributed by atoms with E-state index in [0.717, 1.165) is 38.4 Å². The Morgan fingerprint density at radius 3 is 2.83 bits per heavy atom. The maximum Gasteiger partial charge on any atom is 0.293 e. The molecule has 10 heteroatoms. The molecule has 9 nitrogen and oxygen atoms in total. The normalized spacial score (nSPS) is 18.5. The van der Waals surface area contributed by atoms with E-state index in [-0.39, 0.29) is 16.3 Å². The summed E-state index contributed by atoms with van der Waals surface area (Å²) >= 11 is 0. The third-order valence-electron chi connectivity index (χ3n) is 4.01. The highest BCUT2D eigenvalue weighted by atomic mass is 32.2. The number of carbonyl (C=O) groups is 1. The third-order valence-corrected chi connectivity index (χ3v) is 4.92. The van der Waals surface area contributed by atoms with Gasteiger partial charge in [0.05, 0.1) is 9.82 Å². The third kappa shape index (κ3) is 4.73. The first-order valence-electron chi connectivity index (χ1n) is 7.52. The van der Waals surface area contributed by atoms with Crippen molar-refractivity contribution in [2.24, 2.45) is 11.1 Å². The summed E-state index contributed by atoms with van der Waals surface area (Å²) in [6, 6.07) is 3.56. The number of sulfonamides is 1. The molecule has 0 amide bonds. The van der Waals surface area contributed by atoms with Crippen LogP contribution < -0.4 is 10.5 Å². The summed E-state index contributed by atoms with van der Waals surface area (Å²) in [6.45, 7) is 2.98. The smallest absolute Gasteiger partial charge is 0.293 e. The van der Waals surface area contributed by atoms with Gasteiger partial charge in [-0.1, -0.05) is 0 Å². The van der Waals surface area contributed by atoms with E-state index in [1.54, 1.807) is 0 Å². The van der Waals surface area contributed by atoms with Gasteiger partial charge in [0.25, 0.3) is 5.69 Å². The molecule has 1 aliphatic heterocycles. The molecule has 132 valence electrons. The van der Waals surface area contributed by atoms with E-state index >= 15 is 0 Å². The lowest BCUT2D eigenvalue weighted by atomic mass is 10.1. The van der Waals surface area contributed by atoms with E-state index in [0.29, 0.717) is 18.9 Å². The average Bonchev–Trinajstić information content (AvgIpc) is 2.97. The minimum absolute atomic E-state index is 0.263. The van der Waals surface area contributed by atoms with Crippen LogP contribution in [0.25, 0.3) is 0 Å². The standard InChI is InChI=1S/C14H20N4O5S/c15-24(22,23)12-2-3-13(14(8-12)18(20)21)16-9-11-4-6-17(10-11)5-1-7-19/h2-3,7-8,11,16H,1,4-6,9-10H2,(H2,15,22,23)/t11-/m0/s1. The summed E-state index contributed by atoms with van der Waals surface area (Å²) < 4.78 is 22.6. The number of nitrogens with two attached hydrogens (primary N) is 1. The summed E-state index contributed by atoms with van der Waals surface area (Å²) in [5, 5.41) is 19.2. The van der Waals surface area contributed by atoms with Crippen molar-refractivity contribution in [3.63, 3.8) is 0 Å². The van der Waals surface area contributed by atoms with Crippen LogP contribution in [0.1, 0.15) is 12.8 Å². The molecule has 2 rings (SSSR count). The number of likely N-dealkylation sites (tertiary alicyclic amines) is 1. The van der Waals surface area contributed by atoms with Crippen LogP contribution in [0.2, 0.25) is 0 Å². The number of anilines is 1. The number of primary sulfonamides is 1. The van der Waals surface area contributed by atoms with Crippen LogP contribution in [-0.2, 0) is 14.8 Å². The van der Waals surface area contributed by atoms with Crippen LogP contribution in [0.15, 0.2) is 23.1 Å². The second-order valence-corrected chi connectivity index (χ2v) is 7.33. The first-order valence-corrected chi connectivity index (χ1v) is 9.07. The number of hydrogen-bond donors (Lipinski definition) is 2. The lowest BCUT2D eigenvalue weighted by Gasteiger charge is -2.15. The van der Waals surface area contributed by atoms with Crippen molar-refractivity contribution in [3.8, 4) is 0 Å². The molecule has 0 saturated carbocycles. The number of aldehydes is 1. The average molecular weight is 356 g/mol. The Hall–Kier alpha value is -2.04. The van der Waals surface area contributed by atoms with Crippen molar-refractivity contribution < 1.29 is 18.1 Å². The molecule has 1 aromatic rings. The van der Waals surface area contributed by atoms with E-state index in [9.17, 15) is 23.3 Å². The minimum Gasteiger partial charge on any atom is -0.379 e. The van der Waals surface area contributed by atoms with E-state index in [1.165, 1.54) is 12.1 Å². The Labute approximate surface area is 140 Å². The fraction of sp³-hybridized carbons (Fsp3) is 0.500. The molecule has 0 bridgehead atoms. The number of hydrogen-bond acceptors (Lipinski definition) is 7. The monoisotopic (exact) mass is 356 g/mol. The lowest BCUT2D eigenvalue weighted by molar-refractivity contribution is -0.384. The fourth-order valence-corrected chi connectivity index (χ4v) is 3.29. The van der Waals surface area contributed by atoms with Gasteiger partial charge in [-0.05, 0) is 31.0 Å². The number of nitro benzene ring substituents is 1. The Kier molecular flexibility index (Phi) is 5.86. The first kappa shape index (κ1) is 18.3. The topological polar surface area (TPSA) is 136 Å². The zero-order valence-electron chi connectivity index (χ0n) is 13.1. The van der Waals surface area contributed by atoms with Gasteiger partial charge in [-0.25, -0.2) is 13.6 Å². The molecule has 0 spiro atoms. The van der Waals surface area contributed by atoms with E-state index in [1.807, 2.05) is 0 Å². The highest BCUT2D eigenvalue weighted by Gasteiger charge is 2.24. The number of carbonyl (C=O) groups excluding carboxylic acids is 1. The van der Waals surface area contributed by atoms with E-state index < -0.39 is 14.9 Å². The van der Waals surface area contributed by atoms with Crippen LogP contribution in [0, 0.1) is 16.0 Å². The van der Waals surface area contributed by atoms with Gasteiger partial charge in [-0.3, -0.25) is 10.1 Å². The molecule has 1 aromatic carbocycles. The summed E-state index contributed by atoms with van der Waals surface area (Å²) in [5.74, 6) is 0.314. The molecule has 3 N–H and O–H groups in total. The molecule has 1 saturated heterocycles. The predicted molar refractivity (Wildman–Crippen MR) is 88.2 cm³/mol. The van der Waals surface area contributed by atoms with Crippen LogP contribution in [0.4, 0.5) is 11.4 Å². The minimum atomic E-state index is -3.99. The maximum atomic E-state index is 11.3. The van der Waals surface area contributed by atoms with Crippen LogP contribution in [0.5, 0.6) is 0 Å². The number of nitro groups is 1. The second-order valence-electron chi connectivity index (χ2n) is 5.77. The van der Waals surface area contributed by atoms with E-state index in [4.69, 9.17) is 5.14 Å². The molecule has 24 heavy (non-hydrogen) atoms. The van der Waals surface area contributed by atoms with Gasteiger partial charge < -0.3 is 15.0 Å². The van der Waals surface area contributed by atoms with Crippen LogP contribution in [-0.4, -0.2) is 50.7 Å². The largest absolute Gasteiger partial charge is 0.379 e. The molecule has 0 radical (unpaired) electrons. The molecule has 0 unspecified atom stereocenters. The Bertz CT molecular complexity index is 722. The predicted octanol–water partition coefficient (Wildman–Crippen LogP) is 0.565. The zero-order chi connectivity index (χ0) is 17.7. The lowest BCUT2D eigenvalue weighted by Crippen LogP contribution is -2.24. The van der Waals surface area contributed by atoms with Gasteiger partial charge in [0.2, 0.25) is 10.0 Å². The molecule has 0 aliphatic carbocycles. The molecule has 1 atom stereocenters. The molecule has 1 fully saturated rings. The summed E-state index contributed by atoms with van der Waals surface area (Å²) in [7, 11) is -3.99. The first-order chi connectivity index (χ1) is 11.3. The Morgan fingerprint density at radius 1 is 1.46 bits per heavy atom. The molecule has 1 aliphatic rings. The van der Waals surface area contributed by atoms with Crippen molar-refractivity contribution in [1.29, 1.82) is 0 Å². The molecule has 0 aromatic heterocycles. The van der Waals surface area contributed by atoms with Gasteiger partial charge in [0.1, 0.15) is 12.0 Å². The van der Waals surface area contributed by atoms with Gasteiger partial charge in [-0.15, -0.1) is 0 Å². The molecular formula is C14H20N4O5S. The number of nitrogens with zero attached hydrogens (tertiary/aromatic N) is 2. The van der Waals surface area contributed by atoms with Gasteiger partial charge in [0, 0.05) is 32.1 Å². The number of benzene rings is 1. The van der Waals surface area contributed by atoms with Crippen LogP contribution >= 0.6 is 0 Å². The fourth-order valence-electron chi connectivity index (χ4n) is 2.76. The summed E-state index contributed by atoms with van der Waals surface area (Å²) in [6.07, 6.45) is 2.33. The second kappa shape index (κ2) is 7.69. The zero-order valence-corrected chi connectivity index (χ0v) is 13.9. The van der Waals surface area contributed by atoms with Crippen molar-refractivity contribution in [1.82, 2.24) is 4.90 Å². The van der Waals surface area contributed by atoms with Gasteiger partial charge in [0.15, 0.2) is 0 Å². The van der Waals surface area contributed by atoms with Crippen molar-refractivity contribution in [3.05, 3.63) is 28.3 Å². The molecular weight excluding hydrogens is 336 g/mol. The summed E-state index contributed by atoms with van der Waals surface area (Å²) in [4.78, 5) is 22.8. The Morgan fingerprint density at radius 2 is 2.21 bits per heavy atom. The Balaban J connectivity index is 2.02. The van der Waals surface area contributed by atoms with Crippen molar-refractivity contribution in [2.75, 3.05) is 31.5 Å². The SMILES string of the molecule is NS(=O)(=O)c1ccc(NC[C@@H]2CCN(CCC=O)C2)c([N+](=O)[O-])c1. The molecule has 1 heterocycles. The van der Waals surface area contributed by atoms with Crippen molar-refractivity contribution >= 4 is 27.7 Å². The highest BCUT2D eigenvalue weighted by molar-refractivity contribution is 7.89. The summed E-state index contributed by atoms with van der Waals surface area (Å²) in [5.41, 5.74) is -0.0592. The van der Waals surface area contributed by atoms with E-state index in [2.05, 4.69) is 10.2 Å². The number of rotatable bonds is 8. The highest BCUT2D eigenvalue weighted by Crippen LogP contribution is 2.28. The maximum absolute atomic E-state index is 11.3. The van der Waals surface area contributed by atoms with Gasteiger partial charge >= 0.3 is 0 Å². The van der Waals surface area contributed by atoms with Gasteiger partial charge in [-0.2, -0.15) is 0 Å².